The molecule has 0 bridgehead atoms. The minimum absolute atomic E-state index is 0.0486. The van der Waals surface area contributed by atoms with E-state index in [4.69, 9.17) is 21.7 Å². The van der Waals surface area contributed by atoms with Gasteiger partial charge in [0.2, 0.25) is 0 Å². The standard InChI is InChI=1S/C18H20N2O6/c19-13(17(23)24)7-9-1-3-15(21)11(5-9)12-6-10(2-4-16(12)22)8-14(20)18(25)26/h1-6,13-14,21-22H,7-8,19-20H2,(H,23,24)(H,25,26)/t13-,14-/m0/s1. The van der Waals surface area contributed by atoms with Crippen molar-refractivity contribution >= 4 is 11.9 Å². The van der Waals surface area contributed by atoms with Crippen molar-refractivity contribution < 1.29 is 30.0 Å². The van der Waals surface area contributed by atoms with Crippen molar-refractivity contribution in [2.45, 2.75) is 24.9 Å². The van der Waals surface area contributed by atoms with E-state index in [2.05, 4.69) is 0 Å². The van der Waals surface area contributed by atoms with Crippen molar-refractivity contribution in [3.05, 3.63) is 47.5 Å². The predicted octanol–water partition coefficient (Wildman–Crippen LogP) is 0.674. The van der Waals surface area contributed by atoms with Crippen LogP contribution in [0.5, 0.6) is 11.5 Å². The van der Waals surface area contributed by atoms with Crippen molar-refractivity contribution in [3.63, 3.8) is 0 Å². The van der Waals surface area contributed by atoms with Crippen LogP contribution in [-0.4, -0.2) is 44.4 Å². The van der Waals surface area contributed by atoms with E-state index in [-0.39, 0.29) is 35.5 Å². The SMILES string of the molecule is N[C@@H](Cc1ccc(O)c(-c2cc(C[C@H](N)C(=O)O)ccc2O)c1)C(=O)O. The number of benzene rings is 2. The van der Waals surface area contributed by atoms with Gasteiger partial charge in [-0.1, -0.05) is 12.1 Å². The van der Waals surface area contributed by atoms with E-state index in [1.165, 1.54) is 24.3 Å². The summed E-state index contributed by atoms with van der Waals surface area (Å²) in [4.78, 5) is 21.8. The molecular formula is C18H20N2O6. The highest BCUT2D eigenvalue weighted by Gasteiger charge is 2.17. The summed E-state index contributed by atoms with van der Waals surface area (Å²) in [6.07, 6.45) is 0.0971. The second kappa shape index (κ2) is 7.85. The molecule has 0 aliphatic rings. The van der Waals surface area contributed by atoms with Gasteiger partial charge in [0.05, 0.1) is 0 Å². The number of carboxylic acids is 2. The number of nitrogens with two attached hydrogens (primary N) is 2. The maximum Gasteiger partial charge on any atom is 0.320 e. The van der Waals surface area contributed by atoms with Crippen molar-refractivity contribution in [1.29, 1.82) is 0 Å². The van der Waals surface area contributed by atoms with E-state index >= 15 is 0 Å². The molecule has 138 valence electrons. The van der Waals surface area contributed by atoms with Crippen LogP contribution in [0.15, 0.2) is 36.4 Å². The highest BCUT2D eigenvalue weighted by molar-refractivity contribution is 5.78. The van der Waals surface area contributed by atoms with E-state index in [9.17, 15) is 19.8 Å². The molecule has 0 aromatic heterocycles. The number of aliphatic carboxylic acids is 2. The summed E-state index contributed by atoms with van der Waals surface area (Å²) in [6.45, 7) is 0. The van der Waals surface area contributed by atoms with Crippen LogP contribution in [0.25, 0.3) is 11.1 Å². The first-order chi connectivity index (χ1) is 12.2. The Morgan fingerprint density at radius 2 is 1.12 bits per heavy atom. The first-order valence-corrected chi connectivity index (χ1v) is 7.80. The van der Waals surface area contributed by atoms with Crippen LogP contribution >= 0.6 is 0 Å². The van der Waals surface area contributed by atoms with Gasteiger partial charge in [0.25, 0.3) is 0 Å². The normalized spacial score (nSPS) is 13.2. The number of rotatable bonds is 7. The van der Waals surface area contributed by atoms with Gasteiger partial charge in [-0.3, -0.25) is 9.59 Å². The van der Waals surface area contributed by atoms with Gasteiger partial charge in [-0.25, -0.2) is 0 Å². The smallest absolute Gasteiger partial charge is 0.320 e. The molecule has 0 unspecified atom stereocenters. The predicted molar refractivity (Wildman–Crippen MR) is 93.8 cm³/mol. The molecule has 0 aliphatic heterocycles. The molecule has 0 saturated heterocycles. The third kappa shape index (κ3) is 4.50. The van der Waals surface area contributed by atoms with Gasteiger partial charge >= 0.3 is 11.9 Å². The molecule has 8 heteroatoms. The molecule has 0 saturated carbocycles. The Morgan fingerprint density at radius 1 is 0.769 bits per heavy atom. The largest absolute Gasteiger partial charge is 0.507 e. The highest BCUT2D eigenvalue weighted by Crippen LogP contribution is 2.37. The number of phenols is 2. The zero-order chi connectivity index (χ0) is 19.4. The number of phenolic OH excluding ortho intramolecular Hbond substituents is 2. The average Bonchev–Trinajstić information content (AvgIpc) is 2.58. The Labute approximate surface area is 149 Å². The van der Waals surface area contributed by atoms with Gasteiger partial charge < -0.3 is 31.9 Å². The van der Waals surface area contributed by atoms with Crippen LogP contribution in [0.1, 0.15) is 11.1 Å². The lowest BCUT2D eigenvalue weighted by Gasteiger charge is -2.13. The zero-order valence-electron chi connectivity index (χ0n) is 13.8. The van der Waals surface area contributed by atoms with Crippen LogP contribution in [-0.2, 0) is 22.4 Å². The third-order valence-corrected chi connectivity index (χ3v) is 3.96. The van der Waals surface area contributed by atoms with Gasteiger partial charge in [0.1, 0.15) is 23.6 Å². The molecule has 2 aromatic rings. The molecule has 2 aromatic carbocycles. The molecule has 26 heavy (non-hydrogen) atoms. The minimum atomic E-state index is -1.15. The topological polar surface area (TPSA) is 167 Å². The molecule has 0 amide bonds. The van der Waals surface area contributed by atoms with Crippen molar-refractivity contribution in [3.8, 4) is 22.6 Å². The molecule has 0 fully saturated rings. The number of aromatic hydroxyl groups is 2. The maximum absolute atomic E-state index is 10.9. The molecule has 0 spiro atoms. The molecule has 2 rings (SSSR count). The number of hydrogen-bond acceptors (Lipinski definition) is 6. The first-order valence-electron chi connectivity index (χ1n) is 7.80. The van der Waals surface area contributed by atoms with E-state index in [1.807, 2.05) is 0 Å². The summed E-state index contributed by atoms with van der Waals surface area (Å²) in [6, 6.07) is 6.73. The lowest BCUT2D eigenvalue weighted by molar-refractivity contribution is -0.139. The molecule has 0 radical (unpaired) electrons. The Balaban J connectivity index is 2.40. The zero-order valence-corrected chi connectivity index (χ0v) is 13.8. The van der Waals surface area contributed by atoms with E-state index in [0.29, 0.717) is 11.1 Å². The summed E-state index contributed by atoms with van der Waals surface area (Å²) in [5.74, 6) is -2.53. The molecule has 0 aliphatic carbocycles. The fourth-order valence-electron chi connectivity index (χ4n) is 2.53. The van der Waals surface area contributed by atoms with Crippen LogP contribution in [0.2, 0.25) is 0 Å². The average molecular weight is 360 g/mol. The van der Waals surface area contributed by atoms with Crippen LogP contribution < -0.4 is 11.5 Å². The van der Waals surface area contributed by atoms with Crippen molar-refractivity contribution in [2.24, 2.45) is 11.5 Å². The molecule has 8 nitrogen and oxygen atoms in total. The van der Waals surface area contributed by atoms with Crippen LogP contribution in [0, 0.1) is 0 Å². The van der Waals surface area contributed by atoms with Gasteiger partial charge in [-0.2, -0.15) is 0 Å². The van der Waals surface area contributed by atoms with Gasteiger partial charge in [0, 0.05) is 11.1 Å². The number of carboxylic acid groups (broad SMARTS) is 2. The minimum Gasteiger partial charge on any atom is -0.507 e. The van der Waals surface area contributed by atoms with E-state index in [1.54, 1.807) is 12.1 Å². The Hall–Kier alpha value is -3.10. The molecule has 2 atom stereocenters. The lowest BCUT2D eigenvalue weighted by atomic mass is 9.95. The second-order valence-corrected chi connectivity index (χ2v) is 6.00. The monoisotopic (exact) mass is 360 g/mol. The van der Waals surface area contributed by atoms with Crippen molar-refractivity contribution in [2.75, 3.05) is 0 Å². The first kappa shape index (κ1) is 19.2. The summed E-state index contributed by atoms with van der Waals surface area (Å²) < 4.78 is 0. The van der Waals surface area contributed by atoms with Crippen molar-refractivity contribution in [1.82, 2.24) is 0 Å². The Bertz CT molecular complexity index is 767. The summed E-state index contributed by atoms with van der Waals surface area (Å²) in [5.41, 5.74) is 12.8. The second-order valence-electron chi connectivity index (χ2n) is 6.00. The fourth-order valence-corrected chi connectivity index (χ4v) is 2.53. The molecule has 8 N–H and O–H groups in total. The van der Waals surface area contributed by atoms with E-state index in [0.717, 1.165) is 0 Å². The van der Waals surface area contributed by atoms with Gasteiger partial charge in [-0.15, -0.1) is 0 Å². The van der Waals surface area contributed by atoms with Gasteiger partial charge in [0.15, 0.2) is 0 Å². The molecular weight excluding hydrogens is 340 g/mol. The quantitative estimate of drug-likeness (QED) is 0.419. The van der Waals surface area contributed by atoms with Crippen LogP contribution in [0.3, 0.4) is 0 Å². The summed E-state index contributed by atoms with van der Waals surface area (Å²) in [5, 5.41) is 38.1. The fraction of sp³-hybridized carbons (Fsp3) is 0.222. The molecule has 0 heterocycles. The Kier molecular flexibility index (Phi) is 5.81. The lowest BCUT2D eigenvalue weighted by Crippen LogP contribution is -2.32. The van der Waals surface area contributed by atoms with Gasteiger partial charge in [-0.05, 0) is 48.2 Å². The summed E-state index contributed by atoms with van der Waals surface area (Å²) in [7, 11) is 0. The van der Waals surface area contributed by atoms with Crippen LogP contribution in [0.4, 0.5) is 0 Å². The highest BCUT2D eigenvalue weighted by atomic mass is 16.4. The summed E-state index contributed by atoms with van der Waals surface area (Å²) >= 11 is 0. The maximum atomic E-state index is 10.9. The number of hydrogen-bond donors (Lipinski definition) is 6. The third-order valence-electron chi connectivity index (χ3n) is 3.96. The number of carbonyl (C=O) groups is 2. The van der Waals surface area contributed by atoms with E-state index < -0.39 is 24.0 Å². The Morgan fingerprint density at radius 3 is 1.42 bits per heavy atom.